The van der Waals surface area contributed by atoms with Gasteiger partial charge in [-0.25, -0.2) is 10.0 Å². The molecule has 2 fully saturated rings. The number of hydrogen-bond acceptors (Lipinski definition) is 6. The van der Waals surface area contributed by atoms with Gasteiger partial charge in [-0.3, -0.25) is 20.0 Å². The molecule has 5 aliphatic rings. The largest absolute Gasteiger partial charge is 0.299 e. The van der Waals surface area contributed by atoms with Gasteiger partial charge in [-0.15, -0.1) is 12.3 Å². The second kappa shape index (κ2) is 14.1. The van der Waals surface area contributed by atoms with E-state index < -0.39 is 0 Å². The maximum absolute atomic E-state index is 6.16. The van der Waals surface area contributed by atoms with Crippen molar-refractivity contribution < 1.29 is 0 Å². The van der Waals surface area contributed by atoms with Gasteiger partial charge in [-0.1, -0.05) is 66.2 Å². The van der Waals surface area contributed by atoms with Crippen molar-refractivity contribution >= 4 is 28.7 Å². The van der Waals surface area contributed by atoms with Crippen LogP contribution in [0.4, 0.5) is 0 Å². The number of hydrazine groups is 1. The Bertz CT molecular complexity index is 1820. The molecule has 0 bridgehead atoms. The van der Waals surface area contributed by atoms with Gasteiger partial charge in [0, 0.05) is 72.4 Å². The average molecular weight is 658 g/mol. The first-order chi connectivity index (χ1) is 23.4. The summed E-state index contributed by atoms with van der Waals surface area (Å²) in [6.07, 6.45) is 27.0. The predicted octanol–water partition coefficient (Wildman–Crippen LogP) is 7.76. The number of allylic oxidation sites excluding steroid dienone is 9. The van der Waals surface area contributed by atoms with E-state index in [4.69, 9.17) is 28.0 Å². The fraction of sp³-hybridized carbons (Fsp3) is 0.375. The number of hydrogen-bond donors (Lipinski definition) is 1. The molecule has 4 aliphatic heterocycles. The summed E-state index contributed by atoms with van der Waals surface area (Å²) < 4.78 is 0. The van der Waals surface area contributed by atoms with E-state index in [1.807, 2.05) is 25.3 Å². The summed E-state index contributed by atoms with van der Waals surface area (Å²) in [7, 11) is 2.15. The molecule has 7 rings (SSSR count). The Labute approximate surface area is 289 Å². The topological polar surface area (TPSA) is 63.1 Å². The Morgan fingerprint density at radius 1 is 1.15 bits per heavy atom. The Balaban J connectivity index is 1.02. The number of aromatic amines is 1. The highest BCUT2D eigenvalue weighted by atomic mass is 35.5. The first-order valence-electron chi connectivity index (χ1n) is 17.1. The van der Waals surface area contributed by atoms with Crippen LogP contribution in [0.2, 0.25) is 0 Å². The summed E-state index contributed by atoms with van der Waals surface area (Å²) in [4.78, 5) is 12.9. The smallest absolute Gasteiger partial charge is 0.164 e. The van der Waals surface area contributed by atoms with E-state index in [1.165, 1.54) is 22.4 Å². The lowest BCUT2D eigenvalue weighted by atomic mass is 9.83. The van der Waals surface area contributed by atoms with Gasteiger partial charge >= 0.3 is 0 Å². The van der Waals surface area contributed by atoms with Gasteiger partial charge in [0.1, 0.15) is 5.84 Å². The Morgan fingerprint density at radius 2 is 1.96 bits per heavy atom. The molecule has 5 heterocycles. The fourth-order valence-corrected chi connectivity index (χ4v) is 7.46. The van der Waals surface area contributed by atoms with Crippen LogP contribution in [0.3, 0.4) is 0 Å². The number of halogens is 1. The number of rotatable bonds is 8. The quantitative estimate of drug-likeness (QED) is 0.233. The molecule has 3 atom stereocenters. The third kappa shape index (κ3) is 6.71. The van der Waals surface area contributed by atoms with Crippen molar-refractivity contribution in [2.24, 2.45) is 15.9 Å². The number of amidine groups is 1. The molecule has 3 unspecified atom stereocenters. The van der Waals surface area contributed by atoms with Crippen LogP contribution in [0, 0.1) is 18.3 Å². The lowest BCUT2D eigenvalue weighted by Crippen LogP contribution is -2.48. The van der Waals surface area contributed by atoms with Crippen molar-refractivity contribution in [1.82, 2.24) is 25.1 Å². The summed E-state index contributed by atoms with van der Waals surface area (Å²) >= 11 is 6.16. The van der Waals surface area contributed by atoms with Crippen LogP contribution >= 0.6 is 11.6 Å². The molecule has 7 nitrogen and oxygen atoms in total. The van der Waals surface area contributed by atoms with Crippen LogP contribution in [0.15, 0.2) is 105 Å². The number of aromatic nitrogens is 2. The van der Waals surface area contributed by atoms with Crippen molar-refractivity contribution in [2.45, 2.75) is 70.6 Å². The number of nitrogens with one attached hydrogen (secondary N) is 1. The molecule has 8 heteroatoms. The van der Waals surface area contributed by atoms with Crippen LogP contribution in [0.25, 0.3) is 5.57 Å². The SMILES string of the molecule is C#CCC(Cl)=CC=C(C)c1cc(C2CCN(Cc3ccc(C4=NC5C(=CN=C6CC(C)N(C)N65)C=C4C4C=CC=CC4)cc3)CC2)[nH]n1. The number of terminal acetylenes is 1. The van der Waals surface area contributed by atoms with Crippen LogP contribution in [0.5, 0.6) is 0 Å². The van der Waals surface area contributed by atoms with Crippen LogP contribution in [-0.2, 0) is 6.54 Å². The normalized spacial score (nSPS) is 25.2. The zero-order valence-corrected chi connectivity index (χ0v) is 28.9. The highest BCUT2D eigenvalue weighted by molar-refractivity contribution is 6.29. The predicted molar refractivity (Wildman–Crippen MR) is 197 cm³/mol. The minimum Gasteiger partial charge on any atom is -0.299 e. The standard InChI is InChI=1S/C40H44ClN7/c1-5-9-34(41)17-12-27(2)36-24-37(45-44-36)31-18-20-47(21-19-31)26-29-13-15-32(16-14-29)39-35(30-10-7-6-8-11-30)23-33-25-42-38-22-28(3)46(4)48(38)40(33)43-39/h1,6-8,10,12-17,23-25,28,30-31,40H,9,11,18-22,26H2,2-4H3,(H,44,45). The van der Waals surface area contributed by atoms with Crippen LogP contribution in [0.1, 0.15) is 74.4 Å². The molecule has 1 aromatic carbocycles. The van der Waals surface area contributed by atoms with Gasteiger partial charge in [0.25, 0.3) is 0 Å². The van der Waals surface area contributed by atoms with Gasteiger partial charge in [0.15, 0.2) is 6.17 Å². The van der Waals surface area contributed by atoms with E-state index in [2.05, 4.69) is 106 Å². The number of benzene rings is 1. The van der Waals surface area contributed by atoms with Crippen LogP contribution < -0.4 is 0 Å². The van der Waals surface area contributed by atoms with E-state index in [0.29, 0.717) is 29.3 Å². The van der Waals surface area contributed by atoms with Gasteiger partial charge in [0.05, 0.1) is 11.4 Å². The maximum Gasteiger partial charge on any atom is 0.164 e. The Kier molecular flexibility index (Phi) is 9.50. The molecule has 48 heavy (non-hydrogen) atoms. The van der Waals surface area contributed by atoms with Crippen molar-refractivity contribution in [3.8, 4) is 12.3 Å². The highest BCUT2D eigenvalue weighted by Gasteiger charge is 2.41. The van der Waals surface area contributed by atoms with Gasteiger partial charge in [0.2, 0.25) is 0 Å². The summed E-state index contributed by atoms with van der Waals surface area (Å²) in [5.74, 6) is 4.46. The molecule has 0 radical (unpaired) electrons. The second-order valence-electron chi connectivity index (χ2n) is 13.6. The summed E-state index contributed by atoms with van der Waals surface area (Å²) in [5, 5.41) is 13.1. The Morgan fingerprint density at radius 3 is 2.71 bits per heavy atom. The maximum atomic E-state index is 6.16. The molecule has 246 valence electrons. The first-order valence-corrected chi connectivity index (χ1v) is 17.5. The Hall–Kier alpha value is -4.22. The number of dihydropyridines is 1. The summed E-state index contributed by atoms with van der Waals surface area (Å²) in [6, 6.07) is 11.7. The van der Waals surface area contributed by atoms with E-state index in [-0.39, 0.29) is 6.17 Å². The molecule has 1 aliphatic carbocycles. The highest BCUT2D eigenvalue weighted by Crippen LogP contribution is 2.37. The number of likely N-dealkylation sites (tertiary alicyclic amines) is 1. The third-order valence-corrected chi connectivity index (χ3v) is 10.5. The zero-order chi connectivity index (χ0) is 33.2. The van der Waals surface area contributed by atoms with Gasteiger partial charge < -0.3 is 0 Å². The third-order valence-electron chi connectivity index (χ3n) is 10.3. The van der Waals surface area contributed by atoms with Gasteiger partial charge in [-0.2, -0.15) is 5.10 Å². The molecule has 0 amide bonds. The molecule has 2 saturated heterocycles. The van der Waals surface area contributed by atoms with E-state index in [1.54, 1.807) is 0 Å². The van der Waals surface area contributed by atoms with E-state index in [9.17, 15) is 0 Å². The lowest BCUT2D eigenvalue weighted by Gasteiger charge is -2.39. The van der Waals surface area contributed by atoms with Crippen molar-refractivity contribution in [3.05, 3.63) is 118 Å². The van der Waals surface area contributed by atoms with Crippen molar-refractivity contribution in [1.29, 1.82) is 0 Å². The molecule has 1 N–H and O–H groups in total. The van der Waals surface area contributed by atoms with Gasteiger partial charge in [-0.05, 0) is 81.1 Å². The van der Waals surface area contributed by atoms with Crippen molar-refractivity contribution in [3.63, 3.8) is 0 Å². The number of nitrogens with zero attached hydrogens (tertiary/aromatic N) is 6. The lowest BCUT2D eigenvalue weighted by molar-refractivity contribution is 0.0479. The molecule has 2 aromatic rings. The molecule has 1 aromatic heterocycles. The average Bonchev–Trinajstić information content (AvgIpc) is 3.72. The fourth-order valence-electron chi connectivity index (χ4n) is 7.32. The first kappa shape index (κ1) is 32.3. The van der Waals surface area contributed by atoms with Crippen molar-refractivity contribution in [2.75, 3.05) is 20.1 Å². The number of piperidine rings is 1. The molecular formula is C40H44ClN7. The molecule has 0 saturated carbocycles. The number of fused-ring (bicyclic) bond motifs is 3. The molecule has 0 spiro atoms. The zero-order valence-electron chi connectivity index (χ0n) is 28.1. The van der Waals surface area contributed by atoms with E-state index >= 15 is 0 Å². The second-order valence-corrected chi connectivity index (χ2v) is 14.0. The minimum atomic E-state index is -0.0737. The number of aliphatic imine (C=N–C) groups is 2. The summed E-state index contributed by atoms with van der Waals surface area (Å²) in [5.41, 5.74) is 9.28. The minimum absolute atomic E-state index is 0.0737. The number of H-pyrrole nitrogens is 1. The summed E-state index contributed by atoms with van der Waals surface area (Å²) in [6.45, 7) is 7.37. The van der Waals surface area contributed by atoms with Crippen LogP contribution in [-0.4, -0.2) is 69.0 Å². The molecular weight excluding hydrogens is 614 g/mol. The van der Waals surface area contributed by atoms with E-state index in [0.717, 1.165) is 73.7 Å². The monoisotopic (exact) mass is 657 g/mol.